The number of ether oxygens (including phenoxy) is 2. The molecule has 0 spiro atoms. The molecule has 0 aromatic heterocycles. The minimum atomic E-state index is -0.710. The Labute approximate surface area is 292 Å². The van der Waals surface area contributed by atoms with Crippen LogP contribution in [-0.4, -0.2) is 36.9 Å². The summed E-state index contributed by atoms with van der Waals surface area (Å²) in [6.45, 7) is 0. The van der Waals surface area contributed by atoms with E-state index in [4.69, 9.17) is 9.47 Å². The number of nitro benzene ring substituents is 1. The molecule has 5 aromatic rings. The monoisotopic (exact) mass is 688 g/mol. The predicted octanol–water partition coefficient (Wildman–Crippen LogP) is 7.49. The fourth-order valence-electron chi connectivity index (χ4n) is 4.88. The minimum Gasteiger partial charge on any atom is -0.493 e. The quantitative estimate of drug-likeness (QED) is 0.0499. The standard InChI is InChI=1S/C38H32N4O7S/c1-48-33-18-9-15-27(34(33)49-2)23-32(41-36(43)26-13-7-4-8-14-26)37(44)40-29-16-10-17-31(24-29)50-35(25-11-5-3-6-12-25)38(45)39-28-19-21-30(22-20-28)42(46)47/h3-24,35H,1-2H3,(H,39,45)(H,40,44)(H,41,43)/b32-23+. The lowest BCUT2D eigenvalue weighted by atomic mass is 10.1. The summed E-state index contributed by atoms with van der Waals surface area (Å²) in [6, 6.07) is 35.4. The number of hydrogen-bond donors (Lipinski definition) is 3. The van der Waals surface area contributed by atoms with Gasteiger partial charge in [0.15, 0.2) is 11.5 Å². The van der Waals surface area contributed by atoms with Crippen molar-refractivity contribution < 1.29 is 28.8 Å². The molecule has 0 saturated carbocycles. The predicted molar refractivity (Wildman–Crippen MR) is 193 cm³/mol. The largest absolute Gasteiger partial charge is 0.493 e. The van der Waals surface area contributed by atoms with E-state index >= 15 is 0 Å². The van der Waals surface area contributed by atoms with Crippen LogP contribution in [0.1, 0.15) is 26.7 Å². The highest BCUT2D eigenvalue weighted by Crippen LogP contribution is 2.37. The Balaban J connectivity index is 1.40. The Hall–Kier alpha value is -6.40. The van der Waals surface area contributed by atoms with Crippen LogP contribution in [-0.2, 0) is 9.59 Å². The summed E-state index contributed by atoms with van der Waals surface area (Å²) >= 11 is 1.26. The molecule has 0 aliphatic carbocycles. The molecule has 11 nitrogen and oxygen atoms in total. The van der Waals surface area contributed by atoms with Crippen molar-refractivity contribution in [1.29, 1.82) is 0 Å². The van der Waals surface area contributed by atoms with Crippen molar-refractivity contribution in [3.8, 4) is 11.5 Å². The van der Waals surface area contributed by atoms with Crippen LogP contribution in [0.3, 0.4) is 0 Å². The molecule has 0 fully saturated rings. The van der Waals surface area contributed by atoms with E-state index in [-0.39, 0.29) is 17.3 Å². The third kappa shape index (κ3) is 8.94. The van der Waals surface area contributed by atoms with Gasteiger partial charge in [-0.25, -0.2) is 0 Å². The van der Waals surface area contributed by atoms with Gasteiger partial charge in [0.2, 0.25) is 5.91 Å². The van der Waals surface area contributed by atoms with Crippen molar-refractivity contribution in [2.75, 3.05) is 24.9 Å². The van der Waals surface area contributed by atoms with Gasteiger partial charge in [-0.3, -0.25) is 24.5 Å². The average Bonchev–Trinajstić information content (AvgIpc) is 3.14. The number of nitro groups is 1. The summed E-state index contributed by atoms with van der Waals surface area (Å²) in [7, 11) is 2.98. The highest BCUT2D eigenvalue weighted by Gasteiger charge is 2.23. The number of thioether (sulfide) groups is 1. The molecule has 0 heterocycles. The first-order valence-electron chi connectivity index (χ1n) is 15.2. The van der Waals surface area contributed by atoms with Gasteiger partial charge in [0.05, 0.1) is 19.1 Å². The lowest BCUT2D eigenvalue weighted by Crippen LogP contribution is -2.30. The molecule has 3 N–H and O–H groups in total. The first kappa shape index (κ1) is 34.9. The molecule has 252 valence electrons. The normalized spacial score (nSPS) is 11.5. The molecule has 5 aromatic carbocycles. The summed E-state index contributed by atoms with van der Waals surface area (Å²) in [5.74, 6) is -0.595. The summed E-state index contributed by atoms with van der Waals surface area (Å²) in [6.07, 6.45) is 1.50. The molecular weight excluding hydrogens is 657 g/mol. The number of rotatable bonds is 13. The van der Waals surface area contributed by atoms with E-state index in [0.717, 1.165) is 5.56 Å². The molecule has 0 aliphatic heterocycles. The van der Waals surface area contributed by atoms with Gasteiger partial charge in [0, 0.05) is 39.5 Å². The van der Waals surface area contributed by atoms with Crippen molar-refractivity contribution in [3.63, 3.8) is 0 Å². The number of hydrogen-bond acceptors (Lipinski definition) is 8. The molecule has 0 bridgehead atoms. The maximum atomic E-state index is 13.8. The second kappa shape index (κ2) is 16.6. The highest BCUT2D eigenvalue weighted by molar-refractivity contribution is 8.00. The third-order valence-electron chi connectivity index (χ3n) is 7.29. The van der Waals surface area contributed by atoms with Crippen LogP contribution in [0.4, 0.5) is 17.1 Å². The Morgan fingerprint density at radius 3 is 2.10 bits per heavy atom. The van der Waals surface area contributed by atoms with Crippen LogP contribution in [0, 0.1) is 10.1 Å². The van der Waals surface area contributed by atoms with E-state index in [1.807, 2.05) is 36.4 Å². The summed E-state index contributed by atoms with van der Waals surface area (Å²) in [5, 5.41) is 18.8. The zero-order chi connectivity index (χ0) is 35.5. The SMILES string of the molecule is COc1cccc(/C=C(/NC(=O)c2ccccc2)C(=O)Nc2cccc(SC(C(=O)Nc3ccc([N+](=O)[O-])cc3)c3ccccc3)c2)c1OC. The van der Waals surface area contributed by atoms with Crippen LogP contribution in [0.25, 0.3) is 6.08 Å². The van der Waals surface area contributed by atoms with Gasteiger partial charge in [-0.2, -0.15) is 0 Å². The van der Waals surface area contributed by atoms with Crippen molar-refractivity contribution in [2.24, 2.45) is 0 Å². The van der Waals surface area contributed by atoms with Gasteiger partial charge in [-0.15, -0.1) is 11.8 Å². The number of methoxy groups -OCH3 is 2. The molecule has 5 rings (SSSR count). The Morgan fingerprint density at radius 1 is 0.760 bits per heavy atom. The first-order chi connectivity index (χ1) is 24.2. The average molecular weight is 689 g/mol. The highest BCUT2D eigenvalue weighted by atomic mass is 32.2. The second-order valence-electron chi connectivity index (χ2n) is 10.6. The molecular formula is C38H32N4O7S. The molecule has 0 aliphatic rings. The van der Waals surface area contributed by atoms with Crippen LogP contribution >= 0.6 is 11.8 Å². The lowest BCUT2D eigenvalue weighted by molar-refractivity contribution is -0.384. The number of anilines is 2. The fourth-order valence-corrected chi connectivity index (χ4v) is 5.96. The maximum Gasteiger partial charge on any atom is 0.272 e. The Morgan fingerprint density at radius 2 is 1.44 bits per heavy atom. The maximum absolute atomic E-state index is 13.8. The van der Waals surface area contributed by atoms with Crippen LogP contribution in [0.5, 0.6) is 11.5 Å². The molecule has 0 radical (unpaired) electrons. The van der Waals surface area contributed by atoms with Crippen LogP contribution in [0.2, 0.25) is 0 Å². The van der Waals surface area contributed by atoms with E-state index in [1.54, 1.807) is 66.7 Å². The zero-order valence-electron chi connectivity index (χ0n) is 27.0. The van der Waals surface area contributed by atoms with Gasteiger partial charge in [0.1, 0.15) is 10.9 Å². The summed E-state index contributed by atoms with van der Waals surface area (Å²) in [5.41, 5.74) is 2.28. The molecule has 12 heteroatoms. The van der Waals surface area contributed by atoms with E-state index in [9.17, 15) is 24.5 Å². The number of carbonyl (C=O) groups is 3. The smallest absolute Gasteiger partial charge is 0.272 e. The van der Waals surface area contributed by atoms with E-state index in [2.05, 4.69) is 16.0 Å². The number of para-hydroxylation sites is 1. The summed E-state index contributed by atoms with van der Waals surface area (Å²) in [4.78, 5) is 51.8. The third-order valence-corrected chi connectivity index (χ3v) is 8.54. The first-order valence-corrected chi connectivity index (χ1v) is 16.1. The second-order valence-corrected chi connectivity index (χ2v) is 11.8. The van der Waals surface area contributed by atoms with Gasteiger partial charge >= 0.3 is 0 Å². The molecule has 1 atom stereocenters. The number of carbonyl (C=O) groups excluding carboxylic acids is 3. The Kier molecular flexibility index (Phi) is 11.6. The summed E-state index contributed by atoms with van der Waals surface area (Å²) < 4.78 is 10.9. The minimum absolute atomic E-state index is 0.0481. The number of amides is 3. The molecule has 50 heavy (non-hydrogen) atoms. The molecule has 0 saturated heterocycles. The topological polar surface area (TPSA) is 149 Å². The number of non-ortho nitro benzene ring substituents is 1. The Bertz CT molecular complexity index is 2020. The number of nitrogens with zero attached hydrogens (tertiary/aromatic N) is 1. The number of nitrogens with one attached hydrogen (secondary N) is 3. The van der Waals surface area contributed by atoms with E-state index in [0.29, 0.717) is 38.9 Å². The van der Waals surface area contributed by atoms with Crippen molar-refractivity contribution >= 4 is 52.6 Å². The molecule has 1 unspecified atom stereocenters. The van der Waals surface area contributed by atoms with Gasteiger partial charge in [0.25, 0.3) is 17.5 Å². The van der Waals surface area contributed by atoms with E-state index in [1.165, 1.54) is 56.3 Å². The van der Waals surface area contributed by atoms with Crippen molar-refractivity contribution in [2.45, 2.75) is 10.1 Å². The van der Waals surface area contributed by atoms with Gasteiger partial charge < -0.3 is 25.4 Å². The van der Waals surface area contributed by atoms with Crippen molar-refractivity contribution in [3.05, 3.63) is 160 Å². The molecule has 3 amide bonds. The van der Waals surface area contributed by atoms with Crippen molar-refractivity contribution in [1.82, 2.24) is 5.32 Å². The lowest BCUT2D eigenvalue weighted by Gasteiger charge is -2.18. The fraction of sp³-hybridized carbons (Fsp3) is 0.0789. The van der Waals surface area contributed by atoms with Crippen LogP contribution < -0.4 is 25.4 Å². The van der Waals surface area contributed by atoms with Gasteiger partial charge in [-0.1, -0.05) is 66.7 Å². The van der Waals surface area contributed by atoms with Crippen LogP contribution in [0.15, 0.2) is 138 Å². The van der Waals surface area contributed by atoms with Gasteiger partial charge in [-0.05, 0) is 60.2 Å². The number of benzene rings is 5. The zero-order valence-corrected chi connectivity index (χ0v) is 27.8. The van der Waals surface area contributed by atoms with E-state index < -0.39 is 22.0 Å².